The molecule has 0 saturated carbocycles. The van der Waals surface area contributed by atoms with Gasteiger partial charge in [0.1, 0.15) is 0 Å². The Bertz CT molecular complexity index is 660. The maximum atomic E-state index is 12.4. The second kappa shape index (κ2) is 6.13. The summed E-state index contributed by atoms with van der Waals surface area (Å²) in [7, 11) is 0. The zero-order valence-corrected chi connectivity index (χ0v) is 12.5. The molecule has 108 valence electrons. The van der Waals surface area contributed by atoms with Crippen LogP contribution < -0.4 is 5.32 Å². The largest absolute Gasteiger partial charge is 0.322 e. The zero-order chi connectivity index (χ0) is 14.7. The summed E-state index contributed by atoms with van der Waals surface area (Å²) in [6.45, 7) is 2.12. The summed E-state index contributed by atoms with van der Waals surface area (Å²) in [5.41, 5.74) is 5.62. The Morgan fingerprint density at radius 2 is 1.86 bits per heavy atom. The Balaban J connectivity index is 1.78. The van der Waals surface area contributed by atoms with Crippen LogP contribution in [0.4, 0.5) is 5.69 Å². The molecule has 1 amide bonds. The van der Waals surface area contributed by atoms with Gasteiger partial charge >= 0.3 is 0 Å². The van der Waals surface area contributed by atoms with Gasteiger partial charge in [-0.25, -0.2) is 0 Å². The number of nitrogens with one attached hydrogen (secondary N) is 1. The molecule has 0 fully saturated rings. The minimum Gasteiger partial charge on any atom is -0.322 e. The Morgan fingerprint density at radius 1 is 1.05 bits per heavy atom. The molecular formula is C19H21NO. The number of carbonyl (C=O) groups is 1. The minimum absolute atomic E-state index is 0.0170. The van der Waals surface area contributed by atoms with Crippen LogP contribution in [0.1, 0.15) is 46.8 Å². The van der Waals surface area contributed by atoms with Crippen molar-refractivity contribution in [3.05, 3.63) is 64.7 Å². The van der Waals surface area contributed by atoms with E-state index in [-0.39, 0.29) is 5.91 Å². The molecule has 0 heterocycles. The van der Waals surface area contributed by atoms with E-state index in [0.29, 0.717) is 0 Å². The van der Waals surface area contributed by atoms with E-state index in [0.717, 1.165) is 30.5 Å². The number of hydrogen-bond acceptors (Lipinski definition) is 1. The number of hydrogen-bond donors (Lipinski definition) is 1. The van der Waals surface area contributed by atoms with E-state index in [9.17, 15) is 4.79 Å². The van der Waals surface area contributed by atoms with Crippen molar-refractivity contribution in [3.63, 3.8) is 0 Å². The fraction of sp³-hybridized carbons (Fsp3) is 0.316. The van der Waals surface area contributed by atoms with E-state index in [1.807, 2.05) is 24.3 Å². The first kappa shape index (κ1) is 13.9. The van der Waals surface area contributed by atoms with Crippen LogP contribution in [0, 0.1) is 0 Å². The molecule has 0 atom stereocenters. The van der Waals surface area contributed by atoms with Gasteiger partial charge in [-0.05, 0) is 73.1 Å². The lowest BCUT2D eigenvalue weighted by molar-refractivity contribution is 0.102. The molecule has 0 radical (unpaired) electrons. The molecule has 1 N–H and O–H groups in total. The van der Waals surface area contributed by atoms with E-state index in [4.69, 9.17) is 0 Å². The maximum Gasteiger partial charge on any atom is 0.255 e. The standard InChI is InChI=1S/C19H21NO/c1-2-14-6-5-9-18(12-14)20-19(21)17-11-10-15-7-3-4-8-16(15)13-17/h5-6,9-13H,2-4,7-8H2,1H3,(H,20,21). The van der Waals surface area contributed by atoms with Crippen molar-refractivity contribution in [1.29, 1.82) is 0 Å². The molecule has 0 spiro atoms. The summed E-state index contributed by atoms with van der Waals surface area (Å²) >= 11 is 0. The van der Waals surface area contributed by atoms with Crippen LogP contribution in [-0.4, -0.2) is 5.91 Å². The molecule has 3 rings (SSSR count). The molecule has 1 aliphatic carbocycles. The van der Waals surface area contributed by atoms with Crippen molar-refractivity contribution in [2.75, 3.05) is 5.32 Å². The third-order valence-corrected chi connectivity index (χ3v) is 4.20. The van der Waals surface area contributed by atoms with Gasteiger partial charge in [-0.3, -0.25) is 4.79 Å². The molecule has 0 aromatic heterocycles. The van der Waals surface area contributed by atoms with Gasteiger partial charge in [-0.1, -0.05) is 25.1 Å². The van der Waals surface area contributed by atoms with Gasteiger partial charge < -0.3 is 5.32 Å². The first-order valence-electron chi connectivity index (χ1n) is 7.78. The van der Waals surface area contributed by atoms with E-state index in [1.165, 1.54) is 29.5 Å². The summed E-state index contributed by atoms with van der Waals surface area (Å²) < 4.78 is 0. The van der Waals surface area contributed by atoms with Gasteiger partial charge in [0.2, 0.25) is 0 Å². The predicted molar refractivity (Wildman–Crippen MR) is 86.9 cm³/mol. The maximum absolute atomic E-state index is 12.4. The van der Waals surface area contributed by atoms with Gasteiger partial charge in [-0.15, -0.1) is 0 Å². The second-order valence-corrected chi connectivity index (χ2v) is 5.70. The lowest BCUT2D eigenvalue weighted by atomic mass is 9.90. The summed E-state index contributed by atoms with van der Waals surface area (Å²) in [4.78, 5) is 12.4. The number of aryl methyl sites for hydroxylation is 3. The number of amides is 1. The van der Waals surface area contributed by atoms with Crippen LogP contribution in [-0.2, 0) is 19.3 Å². The lowest BCUT2D eigenvalue weighted by Gasteiger charge is -2.16. The number of fused-ring (bicyclic) bond motifs is 1. The number of rotatable bonds is 3. The van der Waals surface area contributed by atoms with E-state index < -0.39 is 0 Å². The molecule has 0 saturated heterocycles. The first-order chi connectivity index (χ1) is 10.3. The average molecular weight is 279 g/mol. The molecule has 0 unspecified atom stereocenters. The Hall–Kier alpha value is -2.09. The quantitative estimate of drug-likeness (QED) is 0.887. The average Bonchev–Trinajstić information content (AvgIpc) is 2.54. The minimum atomic E-state index is -0.0170. The van der Waals surface area contributed by atoms with E-state index >= 15 is 0 Å². The van der Waals surface area contributed by atoms with Gasteiger partial charge in [-0.2, -0.15) is 0 Å². The molecule has 2 heteroatoms. The van der Waals surface area contributed by atoms with Crippen molar-refractivity contribution in [2.45, 2.75) is 39.0 Å². The number of anilines is 1. The Kier molecular flexibility index (Phi) is 4.05. The van der Waals surface area contributed by atoms with Crippen molar-refractivity contribution in [1.82, 2.24) is 0 Å². The molecule has 21 heavy (non-hydrogen) atoms. The van der Waals surface area contributed by atoms with Crippen molar-refractivity contribution < 1.29 is 4.79 Å². The van der Waals surface area contributed by atoms with Crippen LogP contribution in [0.2, 0.25) is 0 Å². The highest BCUT2D eigenvalue weighted by atomic mass is 16.1. The molecule has 0 aliphatic heterocycles. The van der Waals surface area contributed by atoms with Gasteiger partial charge in [0.15, 0.2) is 0 Å². The monoisotopic (exact) mass is 279 g/mol. The molecule has 2 nitrogen and oxygen atoms in total. The normalized spacial score (nSPS) is 13.6. The van der Waals surface area contributed by atoms with Crippen molar-refractivity contribution >= 4 is 11.6 Å². The fourth-order valence-corrected chi connectivity index (χ4v) is 2.95. The highest BCUT2D eigenvalue weighted by molar-refractivity contribution is 6.04. The summed E-state index contributed by atoms with van der Waals surface area (Å²) in [6, 6.07) is 14.2. The highest BCUT2D eigenvalue weighted by Crippen LogP contribution is 2.22. The van der Waals surface area contributed by atoms with Crippen LogP contribution in [0.25, 0.3) is 0 Å². The van der Waals surface area contributed by atoms with Gasteiger partial charge in [0.05, 0.1) is 0 Å². The zero-order valence-electron chi connectivity index (χ0n) is 12.5. The number of benzene rings is 2. The molecular weight excluding hydrogens is 258 g/mol. The smallest absolute Gasteiger partial charge is 0.255 e. The van der Waals surface area contributed by atoms with Crippen LogP contribution in [0.5, 0.6) is 0 Å². The molecule has 2 aromatic rings. The molecule has 2 aromatic carbocycles. The molecule has 1 aliphatic rings. The summed E-state index contributed by atoms with van der Waals surface area (Å²) in [5.74, 6) is -0.0170. The van der Waals surface area contributed by atoms with Crippen LogP contribution in [0.15, 0.2) is 42.5 Å². The Labute approximate surface area is 126 Å². The second-order valence-electron chi connectivity index (χ2n) is 5.70. The third-order valence-electron chi connectivity index (χ3n) is 4.20. The first-order valence-corrected chi connectivity index (χ1v) is 7.78. The number of carbonyl (C=O) groups excluding carboxylic acids is 1. The summed E-state index contributed by atoms with van der Waals surface area (Å²) in [5, 5.41) is 3.00. The fourth-order valence-electron chi connectivity index (χ4n) is 2.95. The van der Waals surface area contributed by atoms with E-state index in [2.05, 4.69) is 30.4 Å². The Morgan fingerprint density at radius 3 is 2.67 bits per heavy atom. The van der Waals surface area contributed by atoms with Crippen LogP contribution in [0.3, 0.4) is 0 Å². The van der Waals surface area contributed by atoms with Gasteiger partial charge in [0, 0.05) is 11.3 Å². The third kappa shape index (κ3) is 3.15. The van der Waals surface area contributed by atoms with E-state index in [1.54, 1.807) is 0 Å². The highest BCUT2D eigenvalue weighted by Gasteiger charge is 2.13. The predicted octanol–water partition coefficient (Wildman–Crippen LogP) is 4.38. The van der Waals surface area contributed by atoms with Crippen LogP contribution >= 0.6 is 0 Å². The topological polar surface area (TPSA) is 29.1 Å². The van der Waals surface area contributed by atoms with Gasteiger partial charge in [0.25, 0.3) is 5.91 Å². The molecule has 0 bridgehead atoms. The lowest BCUT2D eigenvalue weighted by Crippen LogP contribution is -2.13. The SMILES string of the molecule is CCc1cccc(NC(=O)c2ccc3c(c2)CCCC3)c1. The summed E-state index contributed by atoms with van der Waals surface area (Å²) in [6.07, 6.45) is 5.72. The van der Waals surface area contributed by atoms with Crippen molar-refractivity contribution in [2.24, 2.45) is 0 Å². The van der Waals surface area contributed by atoms with Crippen molar-refractivity contribution in [3.8, 4) is 0 Å².